The number of hydrogen-bond acceptors (Lipinski definition) is 4. The van der Waals surface area contributed by atoms with Gasteiger partial charge >= 0.3 is 0 Å². The molecule has 5 nitrogen and oxygen atoms in total. The van der Waals surface area contributed by atoms with Crippen molar-refractivity contribution in [2.24, 2.45) is 4.99 Å². The molecule has 32 heavy (non-hydrogen) atoms. The molecule has 1 N–H and O–H groups in total. The van der Waals surface area contributed by atoms with Crippen LogP contribution in [0.1, 0.15) is 12.0 Å². The molecule has 0 radical (unpaired) electrons. The fourth-order valence-corrected chi connectivity index (χ4v) is 4.72. The van der Waals surface area contributed by atoms with Crippen LogP contribution >= 0.6 is 35.0 Å². The van der Waals surface area contributed by atoms with Gasteiger partial charge in [-0.25, -0.2) is 4.99 Å². The van der Waals surface area contributed by atoms with E-state index in [1.54, 1.807) is 23.1 Å². The molecule has 3 aromatic carbocycles. The van der Waals surface area contributed by atoms with Crippen molar-refractivity contribution in [3.63, 3.8) is 0 Å². The first-order valence-corrected chi connectivity index (χ1v) is 11.5. The molecule has 0 aromatic heterocycles. The van der Waals surface area contributed by atoms with Crippen LogP contribution in [0.4, 0.5) is 11.4 Å². The summed E-state index contributed by atoms with van der Waals surface area (Å²) in [6, 6.07) is 24.1. The average Bonchev–Trinajstić information content (AvgIpc) is 3.07. The summed E-state index contributed by atoms with van der Waals surface area (Å²) in [6.45, 7) is 0.385. The summed E-state index contributed by atoms with van der Waals surface area (Å²) in [7, 11) is 0. The first-order chi connectivity index (χ1) is 15.5. The van der Waals surface area contributed by atoms with Crippen LogP contribution in [0.2, 0.25) is 10.0 Å². The Morgan fingerprint density at radius 1 is 0.969 bits per heavy atom. The Morgan fingerprint density at radius 3 is 2.38 bits per heavy atom. The summed E-state index contributed by atoms with van der Waals surface area (Å²) in [4.78, 5) is 32.2. The molecular formula is C24H19Cl2N3O2S. The number of amidine groups is 1. The second kappa shape index (κ2) is 10.2. The van der Waals surface area contributed by atoms with Crippen LogP contribution in [0.5, 0.6) is 0 Å². The molecule has 1 atom stereocenters. The second-order valence-corrected chi connectivity index (χ2v) is 9.06. The molecule has 0 saturated carbocycles. The van der Waals surface area contributed by atoms with E-state index in [2.05, 4.69) is 10.3 Å². The maximum atomic E-state index is 13.2. The SMILES string of the molecule is O=C(C[C@H]1SC(=Nc2ccccc2)N(Cc2ccccc2)C1=O)Nc1cccc(Cl)c1Cl. The molecule has 0 unspecified atom stereocenters. The van der Waals surface area contributed by atoms with Crippen LogP contribution in [0.25, 0.3) is 0 Å². The second-order valence-electron chi connectivity index (χ2n) is 7.10. The van der Waals surface area contributed by atoms with E-state index in [1.807, 2.05) is 60.7 Å². The summed E-state index contributed by atoms with van der Waals surface area (Å²) in [5, 5.41) is 3.35. The lowest BCUT2D eigenvalue weighted by Crippen LogP contribution is -2.33. The number of benzene rings is 3. The molecule has 1 aliphatic heterocycles. The van der Waals surface area contributed by atoms with Crippen molar-refractivity contribution < 1.29 is 9.59 Å². The Hall–Kier alpha value is -2.80. The number of nitrogens with zero attached hydrogens (tertiary/aromatic N) is 2. The third kappa shape index (κ3) is 5.33. The highest BCUT2D eigenvalue weighted by atomic mass is 35.5. The van der Waals surface area contributed by atoms with Gasteiger partial charge in [-0.2, -0.15) is 0 Å². The standard InChI is InChI=1S/C24H19Cl2N3O2S/c25-18-12-7-13-19(22(18)26)28-21(30)14-20-23(31)29(15-16-8-3-1-4-9-16)24(32-20)27-17-10-5-2-6-11-17/h1-13,20H,14-15H2,(H,28,30)/t20-/m1/s1. The molecule has 162 valence electrons. The molecule has 1 aliphatic rings. The van der Waals surface area contributed by atoms with Gasteiger partial charge in [-0.15, -0.1) is 0 Å². The van der Waals surface area contributed by atoms with E-state index in [0.717, 1.165) is 11.3 Å². The quantitative estimate of drug-likeness (QED) is 0.456. The third-order valence-electron chi connectivity index (χ3n) is 4.78. The zero-order valence-corrected chi connectivity index (χ0v) is 19.2. The van der Waals surface area contributed by atoms with E-state index < -0.39 is 5.25 Å². The number of hydrogen-bond donors (Lipinski definition) is 1. The molecule has 8 heteroatoms. The van der Waals surface area contributed by atoms with Gasteiger partial charge in [0.15, 0.2) is 5.17 Å². The Morgan fingerprint density at radius 2 is 1.66 bits per heavy atom. The van der Waals surface area contributed by atoms with Crippen LogP contribution < -0.4 is 5.32 Å². The predicted octanol–water partition coefficient (Wildman–Crippen LogP) is 6.15. The van der Waals surface area contributed by atoms with Gasteiger partial charge in [-0.3, -0.25) is 14.5 Å². The number of amides is 2. The van der Waals surface area contributed by atoms with Crippen LogP contribution in [0.3, 0.4) is 0 Å². The van der Waals surface area contributed by atoms with Crippen molar-refractivity contribution >= 4 is 63.3 Å². The van der Waals surface area contributed by atoms with E-state index in [0.29, 0.717) is 22.4 Å². The van der Waals surface area contributed by atoms with Crippen molar-refractivity contribution in [1.29, 1.82) is 0 Å². The van der Waals surface area contributed by atoms with Crippen LogP contribution in [0, 0.1) is 0 Å². The van der Waals surface area contributed by atoms with Gasteiger partial charge in [0.1, 0.15) is 5.25 Å². The number of halogens is 2. The molecular weight excluding hydrogens is 465 g/mol. The Labute approximate surface area is 200 Å². The fourth-order valence-electron chi connectivity index (χ4n) is 3.22. The molecule has 3 aromatic rings. The van der Waals surface area contributed by atoms with Gasteiger partial charge in [-0.05, 0) is 29.8 Å². The molecule has 0 aliphatic carbocycles. The van der Waals surface area contributed by atoms with E-state index >= 15 is 0 Å². The van der Waals surface area contributed by atoms with Crippen molar-refractivity contribution in [3.05, 3.63) is 94.5 Å². The smallest absolute Gasteiger partial charge is 0.242 e. The first-order valence-electron chi connectivity index (χ1n) is 9.91. The van der Waals surface area contributed by atoms with Gasteiger partial charge < -0.3 is 5.32 Å². The largest absolute Gasteiger partial charge is 0.325 e. The minimum Gasteiger partial charge on any atom is -0.325 e. The molecule has 1 saturated heterocycles. The molecule has 4 rings (SSSR count). The van der Waals surface area contributed by atoms with Gasteiger partial charge in [0, 0.05) is 6.42 Å². The third-order valence-corrected chi connectivity index (χ3v) is 6.78. The number of carbonyl (C=O) groups excluding carboxylic acids is 2. The lowest BCUT2D eigenvalue weighted by Gasteiger charge is -2.16. The van der Waals surface area contributed by atoms with Crippen LogP contribution in [-0.2, 0) is 16.1 Å². The maximum Gasteiger partial charge on any atom is 0.242 e. The van der Waals surface area contributed by atoms with E-state index in [4.69, 9.17) is 23.2 Å². The highest BCUT2D eigenvalue weighted by Crippen LogP contribution is 2.34. The maximum absolute atomic E-state index is 13.2. The van der Waals surface area contributed by atoms with Gasteiger partial charge in [-0.1, -0.05) is 89.6 Å². The number of aliphatic imine (C=N–C) groups is 1. The number of rotatable bonds is 6. The first kappa shape index (κ1) is 22.4. The Bertz CT molecular complexity index is 1160. The van der Waals surface area contributed by atoms with Crippen molar-refractivity contribution in [2.45, 2.75) is 18.2 Å². The van der Waals surface area contributed by atoms with Gasteiger partial charge in [0.05, 0.1) is 28.0 Å². The minimum absolute atomic E-state index is 0.00849. The predicted molar refractivity (Wildman–Crippen MR) is 132 cm³/mol. The number of anilines is 1. The highest BCUT2D eigenvalue weighted by molar-refractivity contribution is 8.15. The molecule has 2 amide bonds. The van der Waals surface area contributed by atoms with Gasteiger partial charge in [0.25, 0.3) is 0 Å². The molecule has 1 heterocycles. The molecule has 0 spiro atoms. The van der Waals surface area contributed by atoms with Crippen molar-refractivity contribution in [2.75, 3.05) is 5.32 Å². The van der Waals surface area contributed by atoms with Crippen molar-refractivity contribution in [1.82, 2.24) is 4.90 Å². The summed E-state index contributed by atoms with van der Waals surface area (Å²) >= 11 is 13.5. The average molecular weight is 484 g/mol. The lowest BCUT2D eigenvalue weighted by atomic mass is 10.2. The summed E-state index contributed by atoms with van der Waals surface area (Å²) in [5.41, 5.74) is 2.15. The van der Waals surface area contributed by atoms with E-state index in [1.165, 1.54) is 11.8 Å². The van der Waals surface area contributed by atoms with E-state index in [-0.39, 0.29) is 23.3 Å². The number of thioether (sulfide) groups is 1. The van der Waals surface area contributed by atoms with Crippen LogP contribution in [-0.4, -0.2) is 27.1 Å². The summed E-state index contributed by atoms with van der Waals surface area (Å²) in [6.07, 6.45) is -0.00849. The minimum atomic E-state index is -0.584. The lowest BCUT2D eigenvalue weighted by molar-refractivity contribution is -0.128. The Balaban J connectivity index is 1.54. The molecule has 1 fully saturated rings. The normalized spacial score (nSPS) is 17.1. The Kier molecular flexibility index (Phi) is 7.15. The fraction of sp³-hybridized carbons (Fsp3) is 0.125. The monoisotopic (exact) mass is 483 g/mol. The van der Waals surface area contributed by atoms with Gasteiger partial charge in [0.2, 0.25) is 11.8 Å². The zero-order chi connectivity index (χ0) is 22.5. The zero-order valence-electron chi connectivity index (χ0n) is 16.9. The number of nitrogens with one attached hydrogen (secondary N) is 1. The van der Waals surface area contributed by atoms with Crippen LogP contribution in [0.15, 0.2) is 83.9 Å². The number of carbonyl (C=O) groups is 2. The number of para-hydroxylation sites is 1. The molecule has 0 bridgehead atoms. The van der Waals surface area contributed by atoms with E-state index in [9.17, 15) is 9.59 Å². The topological polar surface area (TPSA) is 61.8 Å². The summed E-state index contributed by atoms with van der Waals surface area (Å²) < 4.78 is 0. The van der Waals surface area contributed by atoms with Crippen molar-refractivity contribution in [3.8, 4) is 0 Å². The summed E-state index contributed by atoms with van der Waals surface area (Å²) in [5.74, 6) is -0.471. The highest BCUT2D eigenvalue weighted by Gasteiger charge is 2.39.